The number of likely N-dealkylation sites (tertiary alicyclic amines) is 1. The van der Waals surface area contributed by atoms with Crippen molar-refractivity contribution >= 4 is 17.8 Å². The minimum Gasteiger partial charge on any atom is -0.477 e. The fraction of sp³-hybridized carbons (Fsp3) is 0.545. The molecule has 7 nitrogen and oxygen atoms in total. The molecule has 1 amide bonds. The second kappa shape index (κ2) is 4.67. The quantitative estimate of drug-likeness (QED) is 0.745. The van der Waals surface area contributed by atoms with Gasteiger partial charge in [0.15, 0.2) is 11.3 Å². The summed E-state index contributed by atoms with van der Waals surface area (Å²) in [5.74, 6) is -1.08. The van der Waals surface area contributed by atoms with E-state index in [1.54, 1.807) is 0 Å². The first kappa shape index (κ1) is 12.4. The number of hydrogen-bond acceptors (Lipinski definition) is 5. The molecule has 0 aliphatic carbocycles. The van der Waals surface area contributed by atoms with Crippen molar-refractivity contribution in [1.82, 2.24) is 4.90 Å². The number of amides is 1. The fourth-order valence-corrected chi connectivity index (χ4v) is 2.08. The van der Waals surface area contributed by atoms with Gasteiger partial charge in [-0.05, 0) is 0 Å². The first-order valence-electron chi connectivity index (χ1n) is 5.57. The summed E-state index contributed by atoms with van der Waals surface area (Å²) in [7, 11) is 0. The zero-order valence-corrected chi connectivity index (χ0v) is 9.79. The molecule has 2 aliphatic rings. The molecule has 18 heavy (non-hydrogen) atoms. The first-order chi connectivity index (χ1) is 8.56. The highest BCUT2D eigenvalue weighted by atomic mass is 16.7. The van der Waals surface area contributed by atoms with E-state index < -0.39 is 17.7 Å². The van der Waals surface area contributed by atoms with E-state index in [-0.39, 0.29) is 18.7 Å². The number of aliphatic carboxylic acids is 1. The van der Waals surface area contributed by atoms with E-state index in [0.29, 0.717) is 19.5 Å². The van der Waals surface area contributed by atoms with Gasteiger partial charge in [0.05, 0.1) is 6.54 Å². The number of oxime groups is 1. The van der Waals surface area contributed by atoms with Gasteiger partial charge in [0, 0.05) is 19.4 Å². The molecule has 1 spiro atoms. The van der Waals surface area contributed by atoms with Crippen LogP contribution in [0.3, 0.4) is 0 Å². The molecule has 0 radical (unpaired) electrons. The lowest BCUT2D eigenvalue weighted by Crippen LogP contribution is -2.37. The third-order valence-corrected chi connectivity index (χ3v) is 2.99. The van der Waals surface area contributed by atoms with Gasteiger partial charge in [0.2, 0.25) is 0 Å². The standard InChI is InChI=1S/C11H14N2O5/c1-2-5-17-10(16)13-4-3-11(7-13)6-8(9(14)15)12-18-11/h2H,1,3-7H2,(H,14,15). The third kappa shape index (κ3) is 2.29. The molecule has 0 aromatic rings. The molecule has 1 N–H and O–H groups in total. The van der Waals surface area contributed by atoms with Crippen LogP contribution < -0.4 is 0 Å². The highest BCUT2D eigenvalue weighted by molar-refractivity contribution is 6.36. The lowest BCUT2D eigenvalue weighted by Gasteiger charge is -2.21. The summed E-state index contributed by atoms with van der Waals surface area (Å²) >= 11 is 0. The molecule has 1 unspecified atom stereocenters. The van der Waals surface area contributed by atoms with Crippen molar-refractivity contribution in [2.24, 2.45) is 5.16 Å². The van der Waals surface area contributed by atoms with Crippen LogP contribution in [0.2, 0.25) is 0 Å². The fourth-order valence-electron chi connectivity index (χ4n) is 2.08. The highest BCUT2D eigenvalue weighted by Gasteiger charge is 2.48. The van der Waals surface area contributed by atoms with Gasteiger partial charge in [-0.1, -0.05) is 17.8 Å². The van der Waals surface area contributed by atoms with Crippen molar-refractivity contribution in [3.8, 4) is 0 Å². The van der Waals surface area contributed by atoms with E-state index in [2.05, 4.69) is 11.7 Å². The molecule has 0 aromatic carbocycles. The van der Waals surface area contributed by atoms with Gasteiger partial charge in [-0.2, -0.15) is 0 Å². The average Bonchev–Trinajstić information content (AvgIpc) is 2.95. The Morgan fingerprint density at radius 1 is 1.67 bits per heavy atom. The Kier molecular flexibility index (Phi) is 3.22. The van der Waals surface area contributed by atoms with E-state index in [9.17, 15) is 9.59 Å². The van der Waals surface area contributed by atoms with Gasteiger partial charge in [0.1, 0.15) is 6.61 Å². The minimum absolute atomic E-state index is 0.00342. The van der Waals surface area contributed by atoms with Crippen molar-refractivity contribution in [2.45, 2.75) is 18.4 Å². The molecular formula is C11H14N2O5. The maximum atomic E-state index is 11.6. The van der Waals surface area contributed by atoms with Gasteiger partial charge >= 0.3 is 12.1 Å². The Hall–Kier alpha value is -2.05. The smallest absolute Gasteiger partial charge is 0.410 e. The summed E-state index contributed by atoms with van der Waals surface area (Å²) in [5, 5.41) is 12.4. The summed E-state index contributed by atoms with van der Waals surface area (Å²) in [6.07, 6.45) is 1.81. The van der Waals surface area contributed by atoms with E-state index in [0.717, 1.165) is 0 Å². The number of carboxylic acid groups (broad SMARTS) is 1. The van der Waals surface area contributed by atoms with Gasteiger partial charge in [-0.15, -0.1) is 0 Å². The Morgan fingerprint density at radius 3 is 3.06 bits per heavy atom. The average molecular weight is 254 g/mol. The van der Waals surface area contributed by atoms with Crippen LogP contribution in [-0.2, 0) is 14.4 Å². The Bertz CT molecular complexity index is 420. The van der Waals surface area contributed by atoms with E-state index >= 15 is 0 Å². The normalized spacial score (nSPS) is 25.8. The van der Waals surface area contributed by atoms with Gasteiger partial charge < -0.3 is 19.6 Å². The second-order valence-corrected chi connectivity index (χ2v) is 4.33. The highest BCUT2D eigenvalue weighted by Crippen LogP contribution is 2.34. The van der Waals surface area contributed by atoms with Gasteiger partial charge in [-0.25, -0.2) is 9.59 Å². The minimum atomic E-state index is -1.08. The van der Waals surface area contributed by atoms with Crippen molar-refractivity contribution < 1.29 is 24.3 Å². The molecule has 1 atom stereocenters. The lowest BCUT2D eigenvalue weighted by atomic mass is 9.97. The van der Waals surface area contributed by atoms with Crippen LogP contribution in [-0.4, -0.2) is 53.1 Å². The van der Waals surface area contributed by atoms with Crippen molar-refractivity contribution in [1.29, 1.82) is 0 Å². The monoisotopic (exact) mass is 254 g/mol. The zero-order chi connectivity index (χ0) is 13.2. The maximum Gasteiger partial charge on any atom is 0.410 e. The number of carbonyl (C=O) groups excluding carboxylic acids is 1. The van der Waals surface area contributed by atoms with Crippen LogP contribution >= 0.6 is 0 Å². The third-order valence-electron chi connectivity index (χ3n) is 2.99. The molecule has 0 bridgehead atoms. The Balaban J connectivity index is 1.91. The Morgan fingerprint density at radius 2 is 2.44 bits per heavy atom. The van der Waals surface area contributed by atoms with Crippen LogP contribution in [0.4, 0.5) is 4.79 Å². The van der Waals surface area contributed by atoms with Crippen molar-refractivity contribution in [3.05, 3.63) is 12.7 Å². The zero-order valence-electron chi connectivity index (χ0n) is 9.79. The van der Waals surface area contributed by atoms with Crippen LogP contribution in [0.15, 0.2) is 17.8 Å². The molecule has 1 saturated heterocycles. The summed E-state index contributed by atoms with van der Waals surface area (Å²) in [5.41, 5.74) is -0.697. The largest absolute Gasteiger partial charge is 0.477 e. The second-order valence-electron chi connectivity index (χ2n) is 4.33. The number of rotatable bonds is 3. The molecule has 2 aliphatic heterocycles. The molecule has 0 aromatic heterocycles. The van der Waals surface area contributed by atoms with Crippen molar-refractivity contribution in [2.75, 3.05) is 19.7 Å². The number of ether oxygens (including phenoxy) is 1. The molecule has 2 heterocycles. The van der Waals surface area contributed by atoms with Crippen LogP contribution in [0, 0.1) is 0 Å². The van der Waals surface area contributed by atoms with Crippen LogP contribution in [0.25, 0.3) is 0 Å². The predicted octanol–water partition coefficient (Wildman–Crippen LogP) is 0.614. The number of nitrogens with zero attached hydrogens (tertiary/aromatic N) is 2. The molecule has 0 saturated carbocycles. The lowest BCUT2D eigenvalue weighted by molar-refractivity contribution is -0.129. The molecular weight excluding hydrogens is 240 g/mol. The van der Waals surface area contributed by atoms with Crippen LogP contribution in [0.5, 0.6) is 0 Å². The predicted molar refractivity (Wildman–Crippen MR) is 61.2 cm³/mol. The van der Waals surface area contributed by atoms with E-state index in [4.69, 9.17) is 14.7 Å². The number of carboxylic acids is 1. The number of carbonyl (C=O) groups is 2. The summed E-state index contributed by atoms with van der Waals surface area (Å²) in [4.78, 5) is 29.1. The number of hydrogen-bond donors (Lipinski definition) is 1. The van der Waals surface area contributed by atoms with Gasteiger partial charge in [-0.3, -0.25) is 0 Å². The summed E-state index contributed by atoms with van der Waals surface area (Å²) in [6.45, 7) is 4.37. The SMILES string of the molecule is C=CCOC(=O)N1CCC2(CC(C(=O)O)=NO2)C1. The van der Waals surface area contributed by atoms with Crippen molar-refractivity contribution in [3.63, 3.8) is 0 Å². The van der Waals surface area contributed by atoms with E-state index in [1.165, 1.54) is 11.0 Å². The summed E-state index contributed by atoms with van der Waals surface area (Å²) < 4.78 is 4.91. The molecule has 98 valence electrons. The maximum absolute atomic E-state index is 11.6. The van der Waals surface area contributed by atoms with Gasteiger partial charge in [0.25, 0.3) is 0 Å². The molecule has 7 heteroatoms. The first-order valence-corrected chi connectivity index (χ1v) is 5.57. The van der Waals surface area contributed by atoms with Crippen LogP contribution in [0.1, 0.15) is 12.8 Å². The molecule has 2 rings (SSSR count). The molecule has 1 fully saturated rings. The Labute approximate surface area is 104 Å². The summed E-state index contributed by atoms with van der Waals surface area (Å²) in [6, 6.07) is 0. The topological polar surface area (TPSA) is 88.4 Å². The van der Waals surface area contributed by atoms with E-state index in [1.807, 2.05) is 0 Å².